The van der Waals surface area contributed by atoms with Crippen molar-refractivity contribution in [2.75, 3.05) is 0 Å². The van der Waals surface area contributed by atoms with Gasteiger partial charge in [0.1, 0.15) is 0 Å². The fraction of sp³-hybridized carbons (Fsp3) is 0.0217. The van der Waals surface area contributed by atoms with Crippen LogP contribution in [0.15, 0.2) is 170 Å². The van der Waals surface area contributed by atoms with Crippen molar-refractivity contribution >= 4 is 21.8 Å². The SMILES string of the molecule is Cc1cc(-c2ccccc2)c2ccc3ccc(-c4ccc(-c5ccc(-c6nc(-c7ccccc7)nc(-c7ccccc7)n6)cc5)cc4)nc3c2n1. The van der Waals surface area contributed by atoms with Crippen LogP contribution in [0.4, 0.5) is 0 Å². The summed E-state index contributed by atoms with van der Waals surface area (Å²) in [5.74, 6) is 1.94. The molecular formula is C46H31N5. The van der Waals surface area contributed by atoms with Gasteiger partial charge in [0.25, 0.3) is 0 Å². The predicted octanol–water partition coefficient (Wildman–Crippen LogP) is 11.3. The average molecular weight is 654 g/mol. The zero-order valence-corrected chi connectivity index (χ0v) is 27.9. The lowest BCUT2D eigenvalue weighted by molar-refractivity contribution is 1.07. The van der Waals surface area contributed by atoms with Crippen LogP contribution in [-0.2, 0) is 0 Å². The maximum absolute atomic E-state index is 5.17. The molecule has 0 radical (unpaired) electrons. The van der Waals surface area contributed by atoms with Crippen LogP contribution in [0.5, 0.6) is 0 Å². The third-order valence-electron chi connectivity index (χ3n) is 9.21. The minimum atomic E-state index is 0.639. The van der Waals surface area contributed by atoms with Gasteiger partial charge in [0.2, 0.25) is 0 Å². The first-order chi connectivity index (χ1) is 25.2. The lowest BCUT2D eigenvalue weighted by Crippen LogP contribution is -2.00. The summed E-state index contributed by atoms with van der Waals surface area (Å²) in [4.78, 5) is 24.7. The van der Waals surface area contributed by atoms with Crippen molar-refractivity contribution in [2.24, 2.45) is 0 Å². The molecule has 0 aliphatic rings. The van der Waals surface area contributed by atoms with Crippen LogP contribution in [0, 0.1) is 6.92 Å². The summed E-state index contributed by atoms with van der Waals surface area (Å²) in [6.07, 6.45) is 0. The number of nitrogens with zero attached hydrogens (tertiary/aromatic N) is 5. The summed E-state index contributed by atoms with van der Waals surface area (Å²) < 4.78 is 0. The second-order valence-corrected chi connectivity index (χ2v) is 12.6. The molecule has 0 atom stereocenters. The monoisotopic (exact) mass is 653 g/mol. The van der Waals surface area contributed by atoms with E-state index in [1.165, 1.54) is 11.1 Å². The van der Waals surface area contributed by atoms with Crippen molar-refractivity contribution in [3.05, 3.63) is 176 Å². The van der Waals surface area contributed by atoms with Crippen LogP contribution >= 0.6 is 0 Å². The van der Waals surface area contributed by atoms with Gasteiger partial charge in [-0.05, 0) is 41.3 Å². The second kappa shape index (κ2) is 12.9. The van der Waals surface area contributed by atoms with Gasteiger partial charge in [0.05, 0.1) is 16.7 Å². The molecule has 0 saturated carbocycles. The Bertz CT molecular complexity index is 2600. The Labute approximate surface area is 296 Å². The Balaban J connectivity index is 1.03. The molecule has 0 bridgehead atoms. The third kappa shape index (κ3) is 5.91. The number of aromatic nitrogens is 5. The quantitative estimate of drug-likeness (QED) is 0.167. The number of benzene rings is 6. The summed E-state index contributed by atoms with van der Waals surface area (Å²) >= 11 is 0. The van der Waals surface area contributed by atoms with E-state index >= 15 is 0 Å². The zero-order chi connectivity index (χ0) is 34.1. The molecule has 3 aromatic heterocycles. The van der Waals surface area contributed by atoms with Crippen LogP contribution in [-0.4, -0.2) is 24.9 Å². The molecule has 0 aliphatic heterocycles. The number of hydrogen-bond donors (Lipinski definition) is 0. The lowest BCUT2D eigenvalue weighted by atomic mass is 9.98. The van der Waals surface area contributed by atoms with Crippen molar-refractivity contribution in [3.63, 3.8) is 0 Å². The topological polar surface area (TPSA) is 64.5 Å². The molecule has 5 nitrogen and oxygen atoms in total. The van der Waals surface area contributed by atoms with Crippen molar-refractivity contribution in [1.29, 1.82) is 0 Å². The highest BCUT2D eigenvalue weighted by molar-refractivity contribution is 6.08. The highest BCUT2D eigenvalue weighted by Crippen LogP contribution is 2.34. The largest absolute Gasteiger partial charge is 0.251 e. The highest BCUT2D eigenvalue weighted by atomic mass is 15.0. The minimum Gasteiger partial charge on any atom is -0.251 e. The Morgan fingerprint density at radius 2 is 0.784 bits per heavy atom. The first-order valence-corrected chi connectivity index (χ1v) is 17.0. The first-order valence-electron chi connectivity index (χ1n) is 17.0. The summed E-state index contributed by atoms with van der Waals surface area (Å²) in [6.45, 7) is 2.05. The lowest BCUT2D eigenvalue weighted by Gasteiger charge is -2.11. The van der Waals surface area contributed by atoms with Crippen molar-refractivity contribution < 1.29 is 0 Å². The van der Waals surface area contributed by atoms with Gasteiger partial charge >= 0.3 is 0 Å². The molecule has 240 valence electrons. The molecule has 0 unspecified atom stereocenters. The Hall–Kier alpha value is -6.85. The van der Waals surface area contributed by atoms with E-state index in [0.29, 0.717) is 17.5 Å². The molecule has 3 heterocycles. The fourth-order valence-corrected chi connectivity index (χ4v) is 6.60. The second-order valence-electron chi connectivity index (χ2n) is 12.6. The number of rotatable bonds is 6. The smallest absolute Gasteiger partial charge is 0.164 e. The van der Waals surface area contributed by atoms with E-state index in [9.17, 15) is 0 Å². The van der Waals surface area contributed by atoms with E-state index < -0.39 is 0 Å². The summed E-state index contributed by atoms with van der Waals surface area (Å²) in [6, 6.07) is 58.3. The number of pyridine rings is 2. The van der Waals surface area contributed by atoms with Crippen molar-refractivity contribution in [2.45, 2.75) is 6.92 Å². The van der Waals surface area contributed by atoms with Crippen LogP contribution in [0.2, 0.25) is 0 Å². The Morgan fingerprint density at radius 3 is 1.33 bits per heavy atom. The van der Waals surface area contributed by atoms with Gasteiger partial charge in [0.15, 0.2) is 17.5 Å². The molecule has 0 aliphatic carbocycles. The summed E-state index contributed by atoms with van der Waals surface area (Å²) in [5, 5.41) is 2.18. The molecule has 0 fully saturated rings. The molecule has 9 aromatic rings. The van der Waals surface area contributed by atoms with Crippen LogP contribution in [0.3, 0.4) is 0 Å². The van der Waals surface area contributed by atoms with Gasteiger partial charge in [0, 0.05) is 38.7 Å². The van der Waals surface area contributed by atoms with E-state index in [0.717, 1.165) is 66.6 Å². The molecule has 0 amide bonds. The van der Waals surface area contributed by atoms with Gasteiger partial charge < -0.3 is 0 Å². The predicted molar refractivity (Wildman–Crippen MR) is 208 cm³/mol. The van der Waals surface area contributed by atoms with Gasteiger partial charge in [-0.25, -0.2) is 19.9 Å². The molecule has 6 aromatic carbocycles. The molecule has 0 N–H and O–H groups in total. The van der Waals surface area contributed by atoms with Crippen molar-refractivity contribution in [1.82, 2.24) is 24.9 Å². The maximum atomic E-state index is 5.17. The van der Waals surface area contributed by atoms with E-state index in [2.05, 4.69) is 103 Å². The number of fused-ring (bicyclic) bond motifs is 3. The van der Waals surface area contributed by atoms with Crippen molar-refractivity contribution in [3.8, 4) is 67.7 Å². The van der Waals surface area contributed by atoms with E-state index in [4.69, 9.17) is 24.9 Å². The van der Waals surface area contributed by atoms with E-state index in [1.807, 2.05) is 73.7 Å². The molecule has 51 heavy (non-hydrogen) atoms. The van der Waals surface area contributed by atoms with Crippen LogP contribution < -0.4 is 0 Å². The summed E-state index contributed by atoms with van der Waals surface area (Å²) in [7, 11) is 0. The average Bonchev–Trinajstić information content (AvgIpc) is 3.21. The van der Waals surface area contributed by atoms with E-state index in [1.54, 1.807) is 0 Å². The fourth-order valence-electron chi connectivity index (χ4n) is 6.60. The molecule has 0 spiro atoms. The standard InChI is InChI=1S/C46H31N5/c1-30-29-40(33-11-5-2-6-12-33)39-27-25-35-26-28-41(48-42(35)43(39)47-30)34-21-17-31(18-22-34)32-19-23-38(24-20-32)46-50-44(36-13-7-3-8-14-36)49-45(51-46)37-15-9-4-10-16-37/h2-29H,1H3. The molecular weight excluding hydrogens is 623 g/mol. The Morgan fingerprint density at radius 1 is 0.333 bits per heavy atom. The first kappa shape index (κ1) is 30.2. The molecule has 5 heteroatoms. The number of hydrogen-bond acceptors (Lipinski definition) is 5. The maximum Gasteiger partial charge on any atom is 0.164 e. The Kier molecular flexibility index (Phi) is 7.63. The van der Waals surface area contributed by atoms with Crippen LogP contribution in [0.25, 0.3) is 89.5 Å². The van der Waals surface area contributed by atoms with Gasteiger partial charge in [-0.3, -0.25) is 4.98 Å². The van der Waals surface area contributed by atoms with E-state index in [-0.39, 0.29) is 0 Å². The summed E-state index contributed by atoms with van der Waals surface area (Å²) in [5.41, 5.74) is 12.2. The van der Waals surface area contributed by atoms with Crippen LogP contribution in [0.1, 0.15) is 5.69 Å². The molecule has 9 rings (SSSR count). The van der Waals surface area contributed by atoms with Gasteiger partial charge in [-0.1, -0.05) is 158 Å². The van der Waals surface area contributed by atoms with Gasteiger partial charge in [-0.2, -0.15) is 0 Å². The van der Waals surface area contributed by atoms with Gasteiger partial charge in [-0.15, -0.1) is 0 Å². The number of aryl methyl sites for hydroxylation is 1. The highest BCUT2D eigenvalue weighted by Gasteiger charge is 2.14. The third-order valence-corrected chi connectivity index (χ3v) is 9.21. The zero-order valence-electron chi connectivity index (χ0n) is 27.9. The molecule has 0 saturated heterocycles. The normalized spacial score (nSPS) is 11.2. The minimum absolute atomic E-state index is 0.639.